The number of benzene rings is 1. The molecule has 2 amide bonds. The van der Waals surface area contributed by atoms with Crippen molar-refractivity contribution < 1.29 is 23.9 Å². The summed E-state index contributed by atoms with van der Waals surface area (Å²) in [7, 11) is 0. The lowest BCUT2D eigenvalue weighted by Gasteiger charge is -2.17. The summed E-state index contributed by atoms with van der Waals surface area (Å²) >= 11 is 0. The standard InChI is InChI=1S/C15H15FN2O4/c16-10-3-1-2-4-12(10)18-6-5-11(14(18)20)17-13(19)8-7-9(8)15(21)22/h1-4,8-9,11H,5-7H2,(H,17,19)(H,21,22). The van der Waals surface area contributed by atoms with E-state index in [2.05, 4.69) is 5.32 Å². The minimum Gasteiger partial charge on any atom is -0.481 e. The lowest BCUT2D eigenvalue weighted by molar-refractivity contribution is -0.140. The van der Waals surface area contributed by atoms with Crippen molar-refractivity contribution in [3.8, 4) is 0 Å². The van der Waals surface area contributed by atoms with Crippen LogP contribution in [-0.4, -0.2) is 35.5 Å². The van der Waals surface area contributed by atoms with Gasteiger partial charge in [0, 0.05) is 6.54 Å². The maximum atomic E-state index is 13.7. The van der Waals surface area contributed by atoms with E-state index < -0.39 is 35.6 Å². The summed E-state index contributed by atoms with van der Waals surface area (Å²) in [5.41, 5.74) is 0.194. The Morgan fingerprint density at radius 1 is 1.27 bits per heavy atom. The molecule has 2 N–H and O–H groups in total. The SMILES string of the molecule is O=C(O)C1CC1C(=O)NC1CCN(c2ccccc2F)C1=O. The van der Waals surface area contributed by atoms with Crippen LogP contribution in [0.3, 0.4) is 0 Å². The molecule has 1 saturated carbocycles. The molecule has 0 aromatic heterocycles. The van der Waals surface area contributed by atoms with Gasteiger partial charge in [-0.05, 0) is 25.0 Å². The number of hydrogen-bond donors (Lipinski definition) is 2. The zero-order valence-electron chi connectivity index (χ0n) is 11.7. The van der Waals surface area contributed by atoms with Gasteiger partial charge in [0.25, 0.3) is 0 Å². The topological polar surface area (TPSA) is 86.7 Å². The number of nitrogens with zero attached hydrogens (tertiary/aromatic N) is 1. The molecule has 3 unspecified atom stereocenters. The number of halogens is 1. The lowest BCUT2D eigenvalue weighted by atomic mass is 10.2. The first-order valence-corrected chi connectivity index (χ1v) is 7.08. The first kappa shape index (κ1) is 14.5. The van der Waals surface area contributed by atoms with Crippen molar-refractivity contribution in [2.75, 3.05) is 11.4 Å². The van der Waals surface area contributed by atoms with Crippen LogP contribution in [0.1, 0.15) is 12.8 Å². The van der Waals surface area contributed by atoms with Crippen LogP contribution in [0.5, 0.6) is 0 Å². The second-order valence-electron chi connectivity index (χ2n) is 5.58. The smallest absolute Gasteiger partial charge is 0.307 e. The van der Waals surface area contributed by atoms with E-state index in [1.165, 1.54) is 23.1 Å². The summed E-state index contributed by atoms with van der Waals surface area (Å²) in [6, 6.07) is 5.24. The van der Waals surface area contributed by atoms with Gasteiger partial charge in [-0.3, -0.25) is 14.4 Å². The van der Waals surface area contributed by atoms with E-state index in [1.54, 1.807) is 6.07 Å². The predicted molar refractivity (Wildman–Crippen MR) is 74.5 cm³/mol. The third-order valence-electron chi connectivity index (χ3n) is 4.11. The van der Waals surface area contributed by atoms with E-state index in [9.17, 15) is 18.8 Å². The number of carboxylic acid groups (broad SMARTS) is 1. The molecule has 1 aromatic carbocycles. The summed E-state index contributed by atoms with van der Waals surface area (Å²) in [6.07, 6.45) is 0.683. The molecule has 0 bridgehead atoms. The molecule has 0 spiro atoms. The molecule has 1 heterocycles. The zero-order chi connectivity index (χ0) is 15.9. The molecule has 2 aliphatic rings. The molecule has 1 aromatic rings. The van der Waals surface area contributed by atoms with Gasteiger partial charge in [-0.25, -0.2) is 4.39 Å². The molecule has 2 fully saturated rings. The highest BCUT2D eigenvalue weighted by molar-refractivity contribution is 6.02. The number of hydrogen-bond acceptors (Lipinski definition) is 3. The van der Waals surface area contributed by atoms with E-state index in [0.29, 0.717) is 19.4 Å². The molecular formula is C15H15FN2O4. The van der Waals surface area contributed by atoms with Crippen LogP contribution in [0, 0.1) is 17.7 Å². The van der Waals surface area contributed by atoms with Gasteiger partial charge in [0.2, 0.25) is 11.8 Å². The largest absolute Gasteiger partial charge is 0.481 e. The molecule has 6 nitrogen and oxygen atoms in total. The van der Waals surface area contributed by atoms with Gasteiger partial charge >= 0.3 is 5.97 Å². The van der Waals surface area contributed by atoms with E-state index in [-0.39, 0.29) is 11.6 Å². The molecular weight excluding hydrogens is 291 g/mol. The highest BCUT2D eigenvalue weighted by atomic mass is 19.1. The summed E-state index contributed by atoms with van der Waals surface area (Å²) in [5.74, 6) is -3.49. The van der Waals surface area contributed by atoms with Crippen LogP contribution in [0.2, 0.25) is 0 Å². The van der Waals surface area contributed by atoms with E-state index in [0.717, 1.165) is 0 Å². The van der Waals surface area contributed by atoms with Crippen molar-refractivity contribution in [3.05, 3.63) is 30.1 Å². The number of carbonyl (C=O) groups is 3. The van der Waals surface area contributed by atoms with Crippen molar-refractivity contribution in [2.45, 2.75) is 18.9 Å². The second-order valence-corrected chi connectivity index (χ2v) is 5.58. The molecule has 1 aliphatic carbocycles. The number of carbonyl (C=O) groups excluding carboxylic acids is 2. The fraction of sp³-hybridized carbons (Fsp3) is 0.400. The van der Waals surface area contributed by atoms with E-state index in [1.807, 2.05) is 0 Å². The van der Waals surface area contributed by atoms with Crippen LogP contribution < -0.4 is 10.2 Å². The van der Waals surface area contributed by atoms with E-state index in [4.69, 9.17) is 5.11 Å². The molecule has 116 valence electrons. The van der Waals surface area contributed by atoms with Gasteiger partial charge < -0.3 is 15.3 Å². The molecule has 3 atom stereocenters. The van der Waals surface area contributed by atoms with Gasteiger partial charge in [-0.15, -0.1) is 0 Å². The third kappa shape index (κ3) is 2.54. The van der Waals surface area contributed by atoms with Crippen molar-refractivity contribution in [1.29, 1.82) is 0 Å². The number of carboxylic acids is 1. The monoisotopic (exact) mass is 306 g/mol. The van der Waals surface area contributed by atoms with Crippen LogP contribution in [0.25, 0.3) is 0 Å². The number of aliphatic carboxylic acids is 1. The molecule has 22 heavy (non-hydrogen) atoms. The third-order valence-corrected chi connectivity index (χ3v) is 4.11. The van der Waals surface area contributed by atoms with Crippen LogP contribution in [-0.2, 0) is 14.4 Å². The van der Waals surface area contributed by atoms with Gasteiger partial charge in [0.15, 0.2) is 0 Å². The molecule has 1 aliphatic heterocycles. The Morgan fingerprint density at radius 3 is 2.64 bits per heavy atom. The number of anilines is 1. The van der Waals surface area contributed by atoms with Gasteiger partial charge in [0.1, 0.15) is 11.9 Å². The van der Waals surface area contributed by atoms with Crippen LogP contribution in [0.15, 0.2) is 24.3 Å². The fourth-order valence-corrected chi connectivity index (χ4v) is 2.76. The van der Waals surface area contributed by atoms with Gasteiger partial charge in [-0.2, -0.15) is 0 Å². The van der Waals surface area contributed by atoms with Crippen molar-refractivity contribution >= 4 is 23.5 Å². The number of para-hydroxylation sites is 1. The number of amides is 2. The average Bonchev–Trinajstić information content (AvgIpc) is 3.22. The first-order chi connectivity index (χ1) is 10.5. The van der Waals surface area contributed by atoms with Gasteiger partial charge in [-0.1, -0.05) is 12.1 Å². The molecule has 0 radical (unpaired) electrons. The predicted octanol–water partition coefficient (Wildman–Crippen LogP) is 0.768. The van der Waals surface area contributed by atoms with Gasteiger partial charge in [0.05, 0.1) is 17.5 Å². The Balaban J connectivity index is 1.64. The van der Waals surface area contributed by atoms with Crippen molar-refractivity contribution in [3.63, 3.8) is 0 Å². The second kappa shape index (κ2) is 5.40. The Labute approximate surface area is 125 Å². The molecule has 1 saturated heterocycles. The highest BCUT2D eigenvalue weighted by Crippen LogP contribution is 2.39. The first-order valence-electron chi connectivity index (χ1n) is 7.08. The van der Waals surface area contributed by atoms with Crippen LogP contribution >= 0.6 is 0 Å². The Bertz CT molecular complexity index is 648. The Hall–Kier alpha value is -2.44. The quantitative estimate of drug-likeness (QED) is 0.860. The Morgan fingerprint density at radius 2 is 2.00 bits per heavy atom. The summed E-state index contributed by atoms with van der Waals surface area (Å²) < 4.78 is 13.7. The minimum atomic E-state index is -0.995. The summed E-state index contributed by atoms with van der Waals surface area (Å²) in [4.78, 5) is 36.3. The lowest BCUT2D eigenvalue weighted by Crippen LogP contribution is -2.42. The molecule has 7 heteroatoms. The van der Waals surface area contributed by atoms with E-state index >= 15 is 0 Å². The minimum absolute atomic E-state index is 0.194. The normalized spacial score (nSPS) is 26.9. The van der Waals surface area contributed by atoms with Crippen molar-refractivity contribution in [1.82, 2.24) is 5.32 Å². The summed E-state index contributed by atoms with van der Waals surface area (Å²) in [6.45, 7) is 0.317. The number of nitrogens with one attached hydrogen (secondary N) is 1. The van der Waals surface area contributed by atoms with Crippen LogP contribution in [0.4, 0.5) is 10.1 Å². The fourth-order valence-electron chi connectivity index (χ4n) is 2.76. The van der Waals surface area contributed by atoms with Crippen molar-refractivity contribution in [2.24, 2.45) is 11.8 Å². The number of rotatable bonds is 4. The highest BCUT2D eigenvalue weighted by Gasteiger charge is 2.49. The maximum absolute atomic E-state index is 13.7. The average molecular weight is 306 g/mol. The Kier molecular flexibility index (Phi) is 3.56. The zero-order valence-corrected chi connectivity index (χ0v) is 11.7. The maximum Gasteiger partial charge on any atom is 0.307 e. The summed E-state index contributed by atoms with van der Waals surface area (Å²) in [5, 5.41) is 11.4. The molecule has 3 rings (SSSR count).